The van der Waals surface area contributed by atoms with Gasteiger partial charge in [0.2, 0.25) is 0 Å². The van der Waals surface area contributed by atoms with Crippen molar-refractivity contribution in [3.05, 3.63) is 86.5 Å². The van der Waals surface area contributed by atoms with Gasteiger partial charge in [-0.2, -0.15) is 0 Å². The van der Waals surface area contributed by atoms with E-state index in [2.05, 4.69) is 31.9 Å². The first-order chi connectivity index (χ1) is 13.2. The Morgan fingerprint density at radius 1 is 1.00 bits per heavy atom. The summed E-state index contributed by atoms with van der Waals surface area (Å²) < 4.78 is 7.74. The zero-order valence-electron chi connectivity index (χ0n) is 14.1. The molecule has 0 saturated carbocycles. The molecule has 2 heterocycles. The molecule has 0 saturated heterocycles. The molecule has 3 nitrogen and oxygen atoms in total. The van der Waals surface area contributed by atoms with Crippen LogP contribution < -0.4 is 0 Å². The molecule has 0 unspecified atom stereocenters. The molecule has 130 valence electrons. The zero-order valence-corrected chi connectivity index (χ0v) is 17.4. The Balaban J connectivity index is 1.62. The van der Waals surface area contributed by atoms with Crippen LogP contribution in [0.25, 0.3) is 34.2 Å². The second-order valence-corrected chi connectivity index (χ2v) is 8.50. The first kappa shape index (κ1) is 17.8. The molecule has 4 aromatic rings. The van der Waals surface area contributed by atoms with Crippen LogP contribution in [0.4, 0.5) is 0 Å². The molecule has 0 aliphatic carbocycles. The van der Waals surface area contributed by atoms with Gasteiger partial charge in [-0.05, 0) is 0 Å². The van der Waals surface area contributed by atoms with Crippen LogP contribution in [0.2, 0.25) is 0 Å². The first-order valence-corrected chi connectivity index (χ1v) is 10.9. The van der Waals surface area contributed by atoms with Gasteiger partial charge < -0.3 is 0 Å². The average Bonchev–Trinajstić information content (AvgIpc) is 3.37. The number of nitrogens with zero attached hydrogens (tertiary/aromatic N) is 2. The maximum absolute atomic E-state index is 9.60. The van der Waals surface area contributed by atoms with Gasteiger partial charge >= 0.3 is 172 Å². The van der Waals surface area contributed by atoms with Crippen molar-refractivity contribution in [1.82, 2.24) is 4.98 Å². The van der Waals surface area contributed by atoms with Crippen molar-refractivity contribution in [2.24, 2.45) is 0 Å². The summed E-state index contributed by atoms with van der Waals surface area (Å²) in [6, 6.07) is 24.0. The van der Waals surface area contributed by atoms with Crippen LogP contribution >= 0.6 is 15.9 Å². The molecule has 2 aromatic carbocycles. The van der Waals surface area contributed by atoms with E-state index in [9.17, 15) is 5.26 Å². The average molecular weight is 480 g/mol. The van der Waals surface area contributed by atoms with E-state index in [0.717, 1.165) is 31.6 Å². The Kier molecular flexibility index (Phi) is 5.22. The third-order valence-electron chi connectivity index (χ3n) is 3.97. The van der Waals surface area contributed by atoms with E-state index in [-0.39, 0.29) is 14.5 Å². The predicted octanol–water partition coefficient (Wildman–Crippen LogP) is 5.89. The van der Waals surface area contributed by atoms with Gasteiger partial charge in [0.1, 0.15) is 0 Å². The van der Waals surface area contributed by atoms with Crippen LogP contribution in [0.1, 0.15) is 10.3 Å². The van der Waals surface area contributed by atoms with Gasteiger partial charge in [-0.15, -0.1) is 0 Å². The fourth-order valence-electron chi connectivity index (χ4n) is 2.62. The quantitative estimate of drug-likeness (QED) is 0.270. The second-order valence-electron chi connectivity index (χ2n) is 5.78. The summed E-state index contributed by atoms with van der Waals surface area (Å²) in [6.07, 6.45) is 1.77. The van der Waals surface area contributed by atoms with Crippen molar-refractivity contribution in [2.75, 3.05) is 0 Å². The van der Waals surface area contributed by atoms with Crippen molar-refractivity contribution >= 4 is 42.1 Å². The number of benzene rings is 2. The Labute approximate surface area is 171 Å². The molecule has 4 rings (SSSR count). The van der Waals surface area contributed by atoms with E-state index in [0.29, 0.717) is 11.3 Å². The summed E-state index contributed by atoms with van der Waals surface area (Å²) >= 11 is 3.47. The number of nitriles is 1. The molecule has 0 bridgehead atoms. The molecular formula is C22H13BrN2OSe. The number of hydrogen-bond acceptors (Lipinski definition) is 3. The molecule has 0 N–H and O–H groups in total. The van der Waals surface area contributed by atoms with Crippen molar-refractivity contribution in [3.8, 4) is 28.7 Å². The predicted molar refractivity (Wildman–Crippen MR) is 112 cm³/mol. The number of rotatable bonds is 4. The van der Waals surface area contributed by atoms with E-state index >= 15 is 0 Å². The van der Waals surface area contributed by atoms with Crippen LogP contribution in [0.15, 0.2) is 80.6 Å². The fraction of sp³-hybridized carbons (Fsp3) is 0. The van der Waals surface area contributed by atoms with Crippen molar-refractivity contribution in [3.63, 3.8) is 0 Å². The minimum absolute atomic E-state index is 0.0266. The molecule has 0 spiro atoms. The standard InChI is InChI=1S/C22H13BrN2OSe/c23-18-8-6-15(7-9-18)20-14-27-22(25-20)17(13-24)12-19-10-11-21(26-19)16-4-2-1-3-5-16/h1-12,14H. The third-order valence-corrected chi connectivity index (χ3v) is 6.33. The van der Waals surface area contributed by atoms with Gasteiger partial charge in [0, 0.05) is 0 Å². The number of hydrogen-bond donors (Lipinski definition) is 0. The molecule has 27 heavy (non-hydrogen) atoms. The molecule has 0 atom stereocenters. The minimum atomic E-state index is 0.0266. The van der Waals surface area contributed by atoms with Gasteiger partial charge in [-0.1, -0.05) is 0 Å². The van der Waals surface area contributed by atoms with E-state index in [1.165, 1.54) is 0 Å². The summed E-state index contributed by atoms with van der Waals surface area (Å²) in [7, 11) is 0. The van der Waals surface area contributed by atoms with Gasteiger partial charge in [0.05, 0.1) is 0 Å². The van der Waals surface area contributed by atoms with Gasteiger partial charge in [-0.25, -0.2) is 0 Å². The molecule has 0 aliphatic heterocycles. The molecule has 2 aromatic heterocycles. The molecule has 5 heteroatoms. The topological polar surface area (TPSA) is 49.8 Å². The normalized spacial score (nSPS) is 11.3. The van der Waals surface area contributed by atoms with Crippen LogP contribution in [-0.2, 0) is 0 Å². The van der Waals surface area contributed by atoms with Crippen LogP contribution in [0.3, 0.4) is 0 Å². The number of allylic oxidation sites excluding steroid dienone is 1. The first-order valence-electron chi connectivity index (χ1n) is 8.22. The fourth-order valence-corrected chi connectivity index (χ4v) is 4.55. The van der Waals surface area contributed by atoms with Crippen LogP contribution in [0.5, 0.6) is 0 Å². The van der Waals surface area contributed by atoms with Crippen LogP contribution in [0, 0.1) is 11.3 Å². The van der Waals surface area contributed by atoms with Gasteiger partial charge in [0.25, 0.3) is 0 Å². The van der Waals surface area contributed by atoms with Crippen molar-refractivity contribution in [1.29, 1.82) is 5.26 Å². The molecule has 0 fully saturated rings. The van der Waals surface area contributed by atoms with Crippen LogP contribution in [-0.4, -0.2) is 19.5 Å². The summed E-state index contributed by atoms with van der Waals surface area (Å²) in [5, 5.41) is 9.60. The van der Waals surface area contributed by atoms with E-state index in [1.54, 1.807) is 6.08 Å². The Hall–Kier alpha value is -2.64. The van der Waals surface area contributed by atoms with E-state index in [4.69, 9.17) is 4.42 Å². The number of furan rings is 1. The van der Waals surface area contributed by atoms with Crippen molar-refractivity contribution in [2.45, 2.75) is 0 Å². The van der Waals surface area contributed by atoms with Gasteiger partial charge in [-0.3, -0.25) is 0 Å². The summed E-state index contributed by atoms with van der Waals surface area (Å²) in [5.41, 5.74) is 3.53. The second kappa shape index (κ2) is 7.94. The van der Waals surface area contributed by atoms with E-state index in [1.807, 2.05) is 66.7 Å². The molecule has 0 aliphatic rings. The van der Waals surface area contributed by atoms with Gasteiger partial charge in [0.15, 0.2) is 0 Å². The van der Waals surface area contributed by atoms with E-state index < -0.39 is 0 Å². The Morgan fingerprint density at radius 3 is 2.52 bits per heavy atom. The monoisotopic (exact) mass is 480 g/mol. The third kappa shape index (κ3) is 4.04. The molecular weight excluding hydrogens is 467 g/mol. The Morgan fingerprint density at radius 2 is 1.78 bits per heavy atom. The number of aromatic nitrogens is 1. The van der Waals surface area contributed by atoms with Crippen molar-refractivity contribution < 1.29 is 4.42 Å². The molecule has 0 radical (unpaired) electrons. The zero-order chi connectivity index (χ0) is 18.6. The Bertz CT molecular complexity index is 1140. The SMILES string of the molecule is N#CC(=Cc1ccc(-c2ccccc2)o1)c1nc(-c2ccc(Br)cc2)c[se]1. The maximum atomic E-state index is 9.60. The molecule has 0 amide bonds. The summed E-state index contributed by atoms with van der Waals surface area (Å²) in [6.45, 7) is 0. The summed E-state index contributed by atoms with van der Waals surface area (Å²) in [4.78, 5) is 6.78. The summed E-state index contributed by atoms with van der Waals surface area (Å²) in [5.74, 6) is 1.44. The number of halogens is 1.